The molecule has 4 nitrogen and oxygen atoms in total. The summed E-state index contributed by atoms with van der Waals surface area (Å²) in [6.45, 7) is 0. The van der Waals surface area contributed by atoms with Gasteiger partial charge in [-0.2, -0.15) is 12.8 Å². The van der Waals surface area contributed by atoms with Gasteiger partial charge in [0.1, 0.15) is 0 Å². The number of halogens is 5. The second kappa shape index (κ2) is 23.3. The fourth-order valence-corrected chi connectivity index (χ4v) is 2.79. The standard InChI is InChI=1S/C7H14NO2S.C5H5N.5ClH.Sb/c8-11(9,10)6-7-4-2-1-3-5-7;1-2-4-6-5-3-1;;;;;;/h1,7H,2-6H2,(H2,8,9,10);1-5H;5*1H;/q-1;;;;;;;+5/p-5. The SMILES string of the molecule is NS(=O)(=O)CC1CC[CH-]CC1.[Cl-].[Cl-].[Cl-].[Cl-].[Cl-].[Sb+5].c1ccncc1. The van der Waals surface area contributed by atoms with Crippen molar-refractivity contribution >= 4 is 34.5 Å². The first-order valence-corrected chi connectivity index (χ1v) is 7.46. The van der Waals surface area contributed by atoms with E-state index in [0.717, 1.165) is 25.7 Å². The van der Waals surface area contributed by atoms with Gasteiger partial charge in [-0.05, 0) is 18.1 Å². The molecule has 1 saturated carbocycles. The Morgan fingerprint density at radius 3 is 1.65 bits per heavy atom. The van der Waals surface area contributed by atoms with Crippen LogP contribution in [0, 0.1) is 12.3 Å². The summed E-state index contributed by atoms with van der Waals surface area (Å²) in [6, 6.07) is 5.72. The van der Waals surface area contributed by atoms with Crippen molar-refractivity contribution in [3.8, 4) is 0 Å². The maximum Gasteiger partial charge on any atom is 5.00 e. The van der Waals surface area contributed by atoms with Gasteiger partial charge in [0.25, 0.3) is 0 Å². The predicted octanol–water partition coefficient (Wildman–Crippen LogP) is -13.6. The Labute approximate surface area is 188 Å². The van der Waals surface area contributed by atoms with E-state index in [0.29, 0.717) is 5.92 Å². The summed E-state index contributed by atoms with van der Waals surface area (Å²) in [4.78, 5) is 3.78. The molecule has 0 aromatic carbocycles. The van der Waals surface area contributed by atoms with Crippen LogP contribution in [0.5, 0.6) is 0 Å². The van der Waals surface area contributed by atoms with Crippen LogP contribution < -0.4 is 67.2 Å². The largest absolute Gasteiger partial charge is 5.00 e. The zero-order chi connectivity index (χ0) is 12.6. The first kappa shape index (κ1) is 39.4. The van der Waals surface area contributed by atoms with Crippen LogP contribution in [0.1, 0.15) is 25.7 Å². The summed E-state index contributed by atoms with van der Waals surface area (Å²) >= 11 is 0. The van der Waals surface area contributed by atoms with Gasteiger partial charge < -0.3 is 68.5 Å². The summed E-state index contributed by atoms with van der Waals surface area (Å²) in [5.41, 5.74) is 0. The molecule has 23 heavy (non-hydrogen) atoms. The predicted molar refractivity (Wildman–Crippen MR) is 74.2 cm³/mol. The van der Waals surface area contributed by atoms with E-state index in [4.69, 9.17) is 5.14 Å². The Bertz CT molecular complexity index is 382. The molecule has 0 saturated heterocycles. The number of sulfonamides is 1. The molecule has 136 valence electrons. The molecular formula is C12H19Cl5N2O2SSb-. The Balaban J connectivity index is -0.0000000540. The van der Waals surface area contributed by atoms with Crippen molar-refractivity contribution in [2.45, 2.75) is 25.7 Å². The summed E-state index contributed by atoms with van der Waals surface area (Å²) in [5.74, 6) is 0.468. The quantitative estimate of drug-likeness (QED) is 0.292. The molecule has 0 radical (unpaired) electrons. The van der Waals surface area contributed by atoms with Crippen molar-refractivity contribution in [1.29, 1.82) is 0 Å². The monoisotopic (exact) mass is 551 g/mol. The number of nitrogens with zero attached hydrogens (tertiary/aromatic N) is 1. The average molecular weight is 554 g/mol. The number of nitrogens with two attached hydrogens (primary N) is 1. The number of aromatic nitrogens is 1. The fraction of sp³-hybridized carbons (Fsp3) is 0.500. The van der Waals surface area contributed by atoms with E-state index in [1.54, 1.807) is 12.4 Å². The van der Waals surface area contributed by atoms with Gasteiger partial charge in [0, 0.05) is 12.4 Å². The maximum atomic E-state index is 10.7. The average Bonchev–Trinajstić information content (AvgIpc) is 2.31. The maximum absolute atomic E-state index is 10.7. The van der Waals surface area contributed by atoms with Gasteiger partial charge in [-0.15, -0.1) is 0 Å². The van der Waals surface area contributed by atoms with E-state index >= 15 is 0 Å². The zero-order valence-electron chi connectivity index (χ0n) is 12.2. The van der Waals surface area contributed by atoms with Gasteiger partial charge in [0.2, 0.25) is 10.0 Å². The van der Waals surface area contributed by atoms with E-state index in [-0.39, 0.29) is 92.2 Å². The molecule has 1 heterocycles. The van der Waals surface area contributed by atoms with Gasteiger partial charge >= 0.3 is 24.4 Å². The van der Waals surface area contributed by atoms with Gasteiger partial charge in [-0.1, -0.05) is 18.9 Å². The minimum absolute atomic E-state index is 0. The van der Waals surface area contributed by atoms with Crippen LogP contribution in [0.4, 0.5) is 0 Å². The molecule has 2 N–H and O–H groups in total. The molecule has 2 rings (SSSR count). The van der Waals surface area contributed by atoms with Crippen LogP contribution >= 0.6 is 0 Å². The third kappa shape index (κ3) is 25.7. The number of primary sulfonamides is 1. The molecule has 1 aliphatic carbocycles. The molecule has 1 aromatic heterocycles. The van der Waals surface area contributed by atoms with Crippen LogP contribution in [0.3, 0.4) is 0 Å². The van der Waals surface area contributed by atoms with E-state index in [1.807, 2.05) is 18.2 Å². The number of pyridine rings is 1. The molecule has 0 spiro atoms. The van der Waals surface area contributed by atoms with Crippen LogP contribution in [0.25, 0.3) is 0 Å². The summed E-state index contributed by atoms with van der Waals surface area (Å²) in [6.07, 6.45) is 9.76. The van der Waals surface area contributed by atoms with Crippen molar-refractivity contribution in [2.75, 3.05) is 5.75 Å². The number of hydrogen-bond acceptors (Lipinski definition) is 3. The normalized spacial score (nSPS) is 12.6. The molecule has 0 bridgehead atoms. The topological polar surface area (TPSA) is 73.1 Å². The second-order valence-corrected chi connectivity index (χ2v) is 5.82. The van der Waals surface area contributed by atoms with Gasteiger partial charge in [-0.3, -0.25) is 4.98 Å². The minimum atomic E-state index is -3.24. The molecule has 1 fully saturated rings. The van der Waals surface area contributed by atoms with Crippen LogP contribution in [-0.2, 0) is 10.0 Å². The Morgan fingerprint density at radius 1 is 0.957 bits per heavy atom. The number of rotatable bonds is 2. The Hall–Kier alpha value is 1.33. The van der Waals surface area contributed by atoms with Crippen LogP contribution in [-0.4, -0.2) is 43.6 Å². The third-order valence-electron chi connectivity index (χ3n) is 2.59. The first-order chi connectivity index (χ1) is 8.08. The Kier molecular flexibility index (Phi) is 40.0. The first-order valence-electron chi connectivity index (χ1n) is 5.75. The summed E-state index contributed by atoms with van der Waals surface area (Å²) < 4.78 is 21.3. The van der Waals surface area contributed by atoms with Gasteiger partial charge in [-0.25, -0.2) is 13.6 Å². The van der Waals surface area contributed by atoms with Crippen molar-refractivity contribution in [2.24, 2.45) is 11.1 Å². The molecule has 0 amide bonds. The van der Waals surface area contributed by atoms with E-state index < -0.39 is 10.0 Å². The molecule has 1 aromatic rings. The molecule has 11 heteroatoms. The van der Waals surface area contributed by atoms with Crippen molar-refractivity contribution in [1.82, 2.24) is 4.98 Å². The van der Waals surface area contributed by atoms with Crippen LogP contribution in [0.2, 0.25) is 0 Å². The zero-order valence-corrected chi connectivity index (χ0v) is 19.3. The molecule has 1 aliphatic rings. The van der Waals surface area contributed by atoms with Gasteiger partial charge in [0.15, 0.2) is 0 Å². The van der Waals surface area contributed by atoms with Gasteiger partial charge in [0.05, 0.1) is 5.75 Å². The Morgan fingerprint density at radius 2 is 1.39 bits per heavy atom. The molecular weight excluding hydrogens is 535 g/mol. The van der Waals surface area contributed by atoms with E-state index in [1.165, 1.54) is 0 Å². The minimum Gasteiger partial charge on any atom is -1.00 e. The molecule has 0 unspecified atom stereocenters. The smallest absolute Gasteiger partial charge is 1.00 e. The van der Waals surface area contributed by atoms with Crippen molar-refractivity contribution in [3.63, 3.8) is 0 Å². The summed E-state index contributed by atoms with van der Waals surface area (Å²) in [7, 11) is -3.24. The van der Waals surface area contributed by atoms with E-state index in [2.05, 4.69) is 11.4 Å². The van der Waals surface area contributed by atoms with Crippen molar-refractivity contribution in [3.05, 3.63) is 37.0 Å². The van der Waals surface area contributed by atoms with Crippen LogP contribution in [0.15, 0.2) is 30.6 Å². The third-order valence-corrected chi connectivity index (χ3v) is 3.53. The second-order valence-electron chi connectivity index (χ2n) is 4.16. The molecule has 0 aliphatic heterocycles. The summed E-state index contributed by atoms with van der Waals surface area (Å²) in [5, 5.41) is 4.93. The van der Waals surface area contributed by atoms with Crippen molar-refractivity contribution < 1.29 is 70.5 Å². The molecule has 0 atom stereocenters. The fourth-order valence-electron chi connectivity index (χ4n) is 1.80. The number of hydrogen-bond donors (Lipinski definition) is 1. The van der Waals surface area contributed by atoms with E-state index in [9.17, 15) is 8.42 Å².